The van der Waals surface area contributed by atoms with Crippen molar-refractivity contribution in [3.8, 4) is 0 Å². The molecule has 2 saturated heterocycles. The molecule has 0 aliphatic carbocycles. The number of anilines is 1. The molecule has 1 spiro atoms. The van der Waals surface area contributed by atoms with Gasteiger partial charge in [0.05, 0.1) is 0 Å². The highest BCUT2D eigenvalue weighted by molar-refractivity contribution is 5.57. The normalized spacial score (nSPS) is 21.9. The Balaban J connectivity index is 1.68. The van der Waals surface area contributed by atoms with Crippen molar-refractivity contribution in [1.29, 1.82) is 0 Å². The highest BCUT2D eigenvalue weighted by Gasteiger charge is 2.47. The first-order valence-corrected chi connectivity index (χ1v) is 7.37. The maximum Gasteiger partial charge on any atom is 0.0398 e. The maximum absolute atomic E-state index is 5.63. The zero-order chi connectivity index (χ0) is 13.5. The number of aryl methyl sites for hydroxylation is 1. The summed E-state index contributed by atoms with van der Waals surface area (Å²) in [5, 5.41) is 0. The van der Waals surface area contributed by atoms with Crippen molar-refractivity contribution in [1.82, 2.24) is 4.90 Å². The summed E-state index contributed by atoms with van der Waals surface area (Å²) in [5.74, 6) is 0. The topological polar surface area (TPSA) is 32.5 Å². The van der Waals surface area contributed by atoms with Crippen LogP contribution in [0.25, 0.3) is 0 Å². The molecule has 2 N–H and O–H groups in total. The van der Waals surface area contributed by atoms with Gasteiger partial charge in [0.2, 0.25) is 0 Å². The third-order valence-corrected chi connectivity index (χ3v) is 4.92. The molecule has 3 heteroatoms. The summed E-state index contributed by atoms with van der Waals surface area (Å²) in [7, 11) is 0. The fourth-order valence-electron chi connectivity index (χ4n) is 3.72. The van der Waals surface area contributed by atoms with E-state index in [-0.39, 0.29) is 0 Å². The van der Waals surface area contributed by atoms with E-state index in [0.29, 0.717) is 5.41 Å². The molecule has 0 atom stereocenters. The third-order valence-electron chi connectivity index (χ3n) is 4.92. The van der Waals surface area contributed by atoms with Crippen molar-refractivity contribution in [2.45, 2.75) is 20.3 Å². The van der Waals surface area contributed by atoms with Gasteiger partial charge in [0.15, 0.2) is 0 Å². The van der Waals surface area contributed by atoms with Crippen molar-refractivity contribution < 1.29 is 0 Å². The van der Waals surface area contributed by atoms with Crippen LogP contribution in [0.2, 0.25) is 0 Å². The van der Waals surface area contributed by atoms with E-state index in [4.69, 9.17) is 5.73 Å². The summed E-state index contributed by atoms with van der Waals surface area (Å²) >= 11 is 0. The van der Waals surface area contributed by atoms with Crippen LogP contribution in [0.4, 0.5) is 5.69 Å². The van der Waals surface area contributed by atoms with E-state index >= 15 is 0 Å². The van der Waals surface area contributed by atoms with Crippen molar-refractivity contribution in [2.24, 2.45) is 11.1 Å². The predicted octanol–water partition coefficient (Wildman–Crippen LogP) is 1.77. The molecule has 1 aromatic carbocycles. The molecule has 2 fully saturated rings. The number of hydrogen-bond acceptors (Lipinski definition) is 3. The van der Waals surface area contributed by atoms with Gasteiger partial charge in [-0.1, -0.05) is 12.1 Å². The molecule has 1 aromatic rings. The molecule has 0 amide bonds. The van der Waals surface area contributed by atoms with Crippen molar-refractivity contribution in [3.63, 3.8) is 0 Å². The number of nitrogens with zero attached hydrogens (tertiary/aromatic N) is 2. The Morgan fingerprint density at radius 1 is 1.21 bits per heavy atom. The number of likely N-dealkylation sites (tertiary alicyclic amines) is 1. The molecule has 3 nitrogen and oxygen atoms in total. The van der Waals surface area contributed by atoms with Crippen LogP contribution < -0.4 is 10.6 Å². The lowest BCUT2D eigenvalue weighted by Gasteiger charge is -2.48. The third kappa shape index (κ3) is 2.26. The van der Waals surface area contributed by atoms with Crippen LogP contribution in [0.3, 0.4) is 0 Å². The van der Waals surface area contributed by atoms with Crippen LogP contribution in [0.1, 0.15) is 17.5 Å². The Morgan fingerprint density at radius 2 is 2.00 bits per heavy atom. The molecule has 19 heavy (non-hydrogen) atoms. The van der Waals surface area contributed by atoms with Gasteiger partial charge >= 0.3 is 0 Å². The van der Waals surface area contributed by atoms with E-state index in [9.17, 15) is 0 Å². The van der Waals surface area contributed by atoms with Crippen LogP contribution in [0.15, 0.2) is 18.2 Å². The largest absolute Gasteiger partial charge is 0.371 e. The first-order valence-electron chi connectivity index (χ1n) is 7.37. The number of benzene rings is 1. The van der Waals surface area contributed by atoms with Crippen molar-refractivity contribution in [2.75, 3.05) is 44.2 Å². The zero-order valence-corrected chi connectivity index (χ0v) is 12.2. The maximum atomic E-state index is 5.63. The van der Waals surface area contributed by atoms with Gasteiger partial charge in [0, 0.05) is 50.4 Å². The second-order valence-corrected chi connectivity index (χ2v) is 6.39. The lowest BCUT2D eigenvalue weighted by molar-refractivity contribution is 0.0213. The lowest BCUT2D eigenvalue weighted by Crippen LogP contribution is -2.58. The number of rotatable bonds is 3. The molecular weight excluding hydrogens is 234 g/mol. The summed E-state index contributed by atoms with van der Waals surface area (Å²) in [6, 6.07) is 6.67. The second-order valence-electron chi connectivity index (χ2n) is 6.39. The molecule has 0 radical (unpaired) electrons. The molecule has 0 saturated carbocycles. The van der Waals surface area contributed by atoms with E-state index in [2.05, 4.69) is 41.8 Å². The quantitative estimate of drug-likeness (QED) is 0.898. The van der Waals surface area contributed by atoms with Crippen LogP contribution in [0.5, 0.6) is 0 Å². The molecule has 3 rings (SSSR count). The average Bonchev–Trinajstić information content (AvgIpc) is 2.77. The van der Waals surface area contributed by atoms with E-state index < -0.39 is 0 Å². The van der Waals surface area contributed by atoms with Gasteiger partial charge in [-0.3, -0.25) is 0 Å². The van der Waals surface area contributed by atoms with Gasteiger partial charge in [-0.05, 0) is 37.5 Å². The Morgan fingerprint density at radius 3 is 2.74 bits per heavy atom. The highest BCUT2D eigenvalue weighted by Crippen LogP contribution is 2.41. The molecule has 2 aliphatic rings. The highest BCUT2D eigenvalue weighted by atomic mass is 15.3. The van der Waals surface area contributed by atoms with Gasteiger partial charge in [-0.15, -0.1) is 0 Å². The van der Waals surface area contributed by atoms with E-state index in [1.165, 1.54) is 49.4 Å². The summed E-state index contributed by atoms with van der Waals surface area (Å²) in [6.07, 6.45) is 1.33. The van der Waals surface area contributed by atoms with E-state index in [1.807, 2.05) is 0 Å². The summed E-state index contributed by atoms with van der Waals surface area (Å²) in [5.41, 5.74) is 10.5. The van der Waals surface area contributed by atoms with Gasteiger partial charge in [0.25, 0.3) is 0 Å². The van der Waals surface area contributed by atoms with Crippen LogP contribution in [0, 0.1) is 19.3 Å². The Bertz CT molecular complexity index is 463. The number of hydrogen-bond donors (Lipinski definition) is 1. The van der Waals surface area contributed by atoms with E-state index in [0.717, 1.165) is 13.1 Å². The minimum Gasteiger partial charge on any atom is -0.371 e. The first kappa shape index (κ1) is 12.9. The van der Waals surface area contributed by atoms with E-state index in [1.54, 1.807) is 0 Å². The SMILES string of the molecule is Cc1cccc(N2CCC3(CN(CCN)C3)C2)c1C. The smallest absolute Gasteiger partial charge is 0.0398 e. The van der Waals surface area contributed by atoms with Crippen LogP contribution in [-0.2, 0) is 0 Å². The lowest BCUT2D eigenvalue weighted by atomic mass is 9.79. The summed E-state index contributed by atoms with van der Waals surface area (Å²) in [6.45, 7) is 11.2. The zero-order valence-electron chi connectivity index (χ0n) is 12.2. The predicted molar refractivity (Wildman–Crippen MR) is 80.7 cm³/mol. The molecule has 0 bridgehead atoms. The minimum absolute atomic E-state index is 0.547. The summed E-state index contributed by atoms with van der Waals surface area (Å²) in [4.78, 5) is 5.08. The Hall–Kier alpha value is -1.06. The minimum atomic E-state index is 0.547. The number of nitrogens with two attached hydrogens (primary N) is 1. The van der Waals surface area contributed by atoms with Crippen LogP contribution in [-0.4, -0.2) is 44.2 Å². The molecule has 2 aliphatic heterocycles. The molecular formula is C16H25N3. The Labute approximate surface area is 116 Å². The first-order chi connectivity index (χ1) is 9.13. The average molecular weight is 259 g/mol. The fraction of sp³-hybridized carbons (Fsp3) is 0.625. The molecule has 2 heterocycles. The van der Waals surface area contributed by atoms with Crippen molar-refractivity contribution >= 4 is 5.69 Å². The van der Waals surface area contributed by atoms with Gasteiger partial charge in [0.1, 0.15) is 0 Å². The second kappa shape index (κ2) is 4.80. The molecule has 0 aromatic heterocycles. The molecule has 104 valence electrons. The van der Waals surface area contributed by atoms with Gasteiger partial charge in [-0.2, -0.15) is 0 Å². The summed E-state index contributed by atoms with van der Waals surface area (Å²) < 4.78 is 0. The molecule has 0 unspecified atom stereocenters. The standard InChI is InChI=1S/C16H25N3/c1-13-4-3-5-15(14(13)2)19-8-6-16(12-19)10-18(11-16)9-7-17/h3-5H,6-12,17H2,1-2H3. The van der Waals surface area contributed by atoms with Crippen molar-refractivity contribution in [3.05, 3.63) is 29.3 Å². The fourth-order valence-corrected chi connectivity index (χ4v) is 3.72. The van der Waals surface area contributed by atoms with Crippen LogP contribution >= 0.6 is 0 Å². The monoisotopic (exact) mass is 259 g/mol. The van der Waals surface area contributed by atoms with Gasteiger partial charge in [-0.25, -0.2) is 0 Å². The van der Waals surface area contributed by atoms with Gasteiger partial charge < -0.3 is 15.5 Å². The Kier molecular flexibility index (Phi) is 3.27.